The standard InChI is InChI=1S/C20H14F3NOS2/c1-13(10-14-6-3-2-4-7-14)11-17-18(25)24(19(26)27-17)16-9-5-8-15(12-16)20(21,22)23/h2-12H,1H3/b13-10?,17-11-. The Bertz CT molecular complexity index is 949. The molecular formula is C20H14F3NOS2. The van der Waals surface area contributed by atoms with Crippen LogP contribution in [0.15, 0.2) is 71.2 Å². The Morgan fingerprint density at radius 2 is 1.81 bits per heavy atom. The van der Waals surface area contributed by atoms with Crippen LogP contribution in [0, 0.1) is 0 Å². The van der Waals surface area contributed by atoms with E-state index < -0.39 is 17.6 Å². The molecule has 0 aliphatic carbocycles. The van der Waals surface area contributed by atoms with Gasteiger partial charge in [0.25, 0.3) is 5.91 Å². The molecule has 7 heteroatoms. The molecular weight excluding hydrogens is 391 g/mol. The number of carbonyl (C=O) groups excluding carboxylic acids is 1. The number of carbonyl (C=O) groups is 1. The van der Waals surface area contributed by atoms with Gasteiger partial charge in [0.1, 0.15) is 0 Å². The summed E-state index contributed by atoms with van der Waals surface area (Å²) >= 11 is 6.30. The van der Waals surface area contributed by atoms with Crippen molar-refractivity contribution in [2.24, 2.45) is 0 Å². The largest absolute Gasteiger partial charge is 0.416 e. The fourth-order valence-corrected chi connectivity index (χ4v) is 3.92. The lowest BCUT2D eigenvalue weighted by molar-refractivity contribution is -0.137. The first-order valence-electron chi connectivity index (χ1n) is 7.94. The van der Waals surface area contributed by atoms with E-state index in [0.29, 0.717) is 4.91 Å². The van der Waals surface area contributed by atoms with Gasteiger partial charge in [-0.05, 0) is 42.3 Å². The Morgan fingerprint density at radius 3 is 2.48 bits per heavy atom. The monoisotopic (exact) mass is 405 g/mol. The van der Waals surface area contributed by atoms with Crippen molar-refractivity contribution >= 4 is 46.0 Å². The number of rotatable bonds is 3. The zero-order valence-corrected chi connectivity index (χ0v) is 15.8. The van der Waals surface area contributed by atoms with E-state index in [2.05, 4.69) is 0 Å². The summed E-state index contributed by atoms with van der Waals surface area (Å²) in [6, 6.07) is 14.2. The molecule has 2 aromatic rings. The third-order valence-electron chi connectivity index (χ3n) is 3.78. The van der Waals surface area contributed by atoms with E-state index in [-0.39, 0.29) is 10.0 Å². The second kappa shape index (κ2) is 7.70. The molecule has 1 heterocycles. The first-order valence-corrected chi connectivity index (χ1v) is 9.17. The molecule has 0 saturated carbocycles. The minimum Gasteiger partial charge on any atom is -0.268 e. The van der Waals surface area contributed by atoms with E-state index in [1.807, 2.05) is 43.3 Å². The molecule has 1 saturated heterocycles. The number of thioether (sulfide) groups is 1. The molecule has 2 nitrogen and oxygen atoms in total. The Morgan fingerprint density at radius 1 is 1.11 bits per heavy atom. The van der Waals surface area contributed by atoms with Crippen molar-refractivity contribution < 1.29 is 18.0 Å². The van der Waals surface area contributed by atoms with Crippen molar-refractivity contribution in [3.05, 3.63) is 82.3 Å². The van der Waals surface area contributed by atoms with Crippen molar-refractivity contribution in [3.63, 3.8) is 0 Å². The predicted molar refractivity (Wildman–Crippen MR) is 107 cm³/mol. The summed E-state index contributed by atoms with van der Waals surface area (Å²) in [4.78, 5) is 14.2. The van der Waals surface area contributed by atoms with Gasteiger partial charge in [-0.2, -0.15) is 13.2 Å². The number of thiocarbonyl (C=S) groups is 1. The highest BCUT2D eigenvalue weighted by Gasteiger charge is 2.35. The summed E-state index contributed by atoms with van der Waals surface area (Å²) in [6.45, 7) is 1.85. The van der Waals surface area contributed by atoms with E-state index in [1.165, 1.54) is 12.1 Å². The number of nitrogens with zero attached hydrogens (tertiary/aromatic N) is 1. The number of allylic oxidation sites excluding steroid dienone is 2. The van der Waals surface area contributed by atoms with Crippen LogP contribution >= 0.6 is 24.0 Å². The van der Waals surface area contributed by atoms with Crippen LogP contribution in [0.3, 0.4) is 0 Å². The van der Waals surface area contributed by atoms with Gasteiger partial charge in [0.15, 0.2) is 4.32 Å². The molecule has 138 valence electrons. The number of halogens is 3. The molecule has 0 bridgehead atoms. The second-order valence-electron chi connectivity index (χ2n) is 5.86. The van der Waals surface area contributed by atoms with Crippen molar-refractivity contribution in [1.29, 1.82) is 0 Å². The molecule has 0 N–H and O–H groups in total. The van der Waals surface area contributed by atoms with E-state index in [1.54, 1.807) is 6.08 Å². The maximum absolute atomic E-state index is 12.9. The van der Waals surface area contributed by atoms with Gasteiger partial charge in [0.2, 0.25) is 0 Å². The van der Waals surface area contributed by atoms with Crippen LogP contribution in [0.1, 0.15) is 18.1 Å². The maximum atomic E-state index is 12.9. The Hall–Kier alpha value is -2.38. The van der Waals surface area contributed by atoms with Crippen molar-refractivity contribution in [1.82, 2.24) is 0 Å². The van der Waals surface area contributed by atoms with Crippen molar-refractivity contribution in [2.45, 2.75) is 13.1 Å². The molecule has 3 rings (SSSR count). The average molecular weight is 405 g/mol. The van der Waals surface area contributed by atoms with Gasteiger partial charge >= 0.3 is 6.18 Å². The molecule has 2 aromatic carbocycles. The van der Waals surface area contributed by atoms with Crippen LogP contribution in [0.2, 0.25) is 0 Å². The topological polar surface area (TPSA) is 20.3 Å². The fourth-order valence-electron chi connectivity index (χ4n) is 2.57. The summed E-state index contributed by atoms with van der Waals surface area (Å²) in [7, 11) is 0. The molecule has 27 heavy (non-hydrogen) atoms. The predicted octanol–water partition coefficient (Wildman–Crippen LogP) is 6.06. The maximum Gasteiger partial charge on any atom is 0.416 e. The van der Waals surface area contributed by atoms with Gasteiger partial charge in [-0.25, -0.2) is 0 Å². The van der Waals surface area contributed by atoms with Crippen molar-refractivity contribution in [2.75, 3.05) is 4.90 Å². The zero-order valence-electron chi connectivity index (χ0n) is 14.2. The zero-order chi connectivity index (χ0) is 19.6. The number of alkyl halides is 3. The van der Waals surface area contributed by atoms with Crippen LogP contribution in [-0.4, -0.2) is 10.2 Å². The lowest BCUT2D eigenvalue weighted by Gasteiger charge is -2.16. The summed E-state index contributed by atoms with van der Waals surface area (Å²) in [6.07, 6.45) is -0.877. The van der Waals surface area contributed by atoms with Crippen LogP contribution in [0.5, 0.6) is 0 Å². The quantitative estimate of drug-likeness (QED) is 0.457. The molecule has 0 aromatic heterocycles. The van der Waals surface area contributed by atoms with E-state index >= 15 is 0 Å². The van der Waals surface area contributed by atoms with Gasteiger partial charge in [-0.1, -0.05) is 66.5 Å². The summed E-state index contributed by atoms with van der Waals surface area (Å²) < 4.78 is 39.0. The van der Waals surface area contributed by atoms with E-state index in [9.17, 15) is 18.0 Å². The number of amides is 1. The molecule has 0 spiro atoms. The highest BCUT2D eigenvalue weighted by molar-refractivity contribution is 8.27. The molecule has 1 amide bonds. The fraction of sp³-hybridized carbons (Fsp3) is 0.100. The molecule has 1 aliphatic heterocycles. The summed E-state index contributed by atoms with van der Waals surface area (Å²) in [5.41, 5.74) is 1.11. The normalized spacial score (nSPS) is 17.1. The van der Waals surface area contributed by atoms with E-state index in [4.69, 9.17) is 12.2 Å². The molecule has 0 atom stereocenters. The number of benzene rings is 2. The van der Waals surface area contributed by atoms with Crippen LogP contribution in [0.4, 0.5) is 18.9 Å². The van der Waals surface area contributed by atoms with Crippen LogP contribution in [-0.2, 0) is 11.0 Å². The Balaban J connectivity index is 1.88. The first kappa shape index (κ1) is 19.4. The number of anilines is 1. The smallest absolute Gasteiger partial charge is 0.268 e. The molecule has 0 unspecified atom stereocenters. The number of hydrogen-bond acceptors (Lipinski definition) is 3. The third-order valence-corrected chi connectivity index (χ3v) is 5.08. The van der Waals surface area contributed by atoms with E-state index in [0.717, 1.165) is 39.9 Å². The van der Waals surface area contributed by atoms with Crippen molar-refractivity contribution in [3.8, 4) is 0 Å². The van der Waals surface area contributed by atoms with Crippen LogP contribution < -0.4 is 4.90 Å². The minimum absolute atomic E-state index is 0.111. The van der Waals surface area contributed by atoms with Gasteiger partial charge in [-0.3, -0.25) is 9.69 Å². The van der Waals surface area contributed by atoms with Gasteiger partial charge in [-0.15, -0.1) is 0 Å². The van der Waals surface area contributed by atoms with Gasteiger partial charge < -0.3 is 0 Å². The minimum atomic E-state index is -4.48. The second-order valence-corrected chi connectivity index (χ2v) is 7.54. The number of hydrogen-bond donors (Lipinski definition) is 0. The molecule has 1 aliphatic rings. The Kier molecular flexibility index (Phi) is 5.53. The van der Waals surface area contributed by atoms with Gasteiger partial charge in [0.05, 0.1) is 16.2 Å². The average Bonchev–Trinajstić information content (AvgIpc) is 2.88. The highest BCUT2D eigenvalue weighted by atomic mass is 32.2. The highest BCUT2D eigenvalue weighted by Crippen LogP contribution is 2.38. The summed E-state index contributed by atoms with van der Waals surface area (Å²) in [5.74, 6) is -0.426. The van der Waals surface area contributed by atoms with Gasteiger partial charge in [0, 0.05) is 0 Å². The Labute approximate surface area is 164 Å². The SMILES string of the molecule is CC(=Cc1ccccc1)/C=C1\SC(=S)N(c2cccc(C(F)(F)F)c2)C1=O. The lowest BCUT2D eigenvalue weighted by atomic mass is 10.1. The van der Waals surface area contributed by atoms with Crippen LogP contribution in [0.25, 0.3) is 6.08 Å². The third kappa shape index (κ3) is 4.48. The summed E-state index contributed by atoms with van der Waals surface area (Å²) in [5, 5.41) is 0. The first-order chi connectivity index (χ1) is 12.8. The molecule has 0 radical (unpaired) electrons. The lowest BCUT2D eigenvalue weighted by Crippen LogP contribution is -2.27. The molecule has 1 fully saturated rings.